The first-order valence-corrected chi connectivity index (χ1v) is 11.6. The highest BCUT2D eigenvalue weighted by atomic mass is 32.2. The van der Waals surface area contributed by atoms with Crippen molar-refractivity contribution in [1.82, 2.24) is 14.5 Å². The van der Waals surface area contributed by atoms with Crippen molar-refractivity contribution in [3.63, 3.8) is 0 Å². The third-order valence-corrected chi connectivity index (χ3v) is 5.75. The molecule has 0 aliphatic rings. The van der Waals surface area contributed by atoms with Gasteiger partial charge in [-0.2, -0.15) is 0 Å². The van der Waals surface area contributed by atoms with Gasteiger partial charge in [-0.25, -0.2) is 9.97 Å². The second kappa shape index (κ2) is 9.54. The van der Waals surface area contributed by atoms with Crippen LogP contribution in [-0.2, 0) is 28.1 Å². The summed E-state index contributed by atoms with van der Waals surface area (Å²) in [6.45, 7) is 4.29. The monoisotopic (exact) mass is 452 g/mol. The molecule has 168 valence electrons. The third kappa shape index (κ3) is 4.68. The molecule has 3 N–H and O–H groups in total. The van der Waals surface area contributed by atoms with Crippen LogP contribution >= 0.6 is 0 Å². The summed E-state index contributed by atoms with van der Waals surface area (Å²) in [6.07, 6.45) is 2.29. The molecule has 0 spiro atoms. The standard InChI is InChI=1S/C23H26N5O3S/c1-3-4-10-20-26-21-22(28(20)14-15(2)29)18-12-11-16(13-19(18)25-23(21)24)27-32(30)31-17-8-6-5-7-9-17/h5-9,11-13,15,29H,3-4,10,14H2,1-2H3,(H2,24,25)/q-1. The average Bonchev–Trinajstić information content (AvgIpc) is 3.11. The first-order chi connectivity index (χ1) is 15.5. The molecule has 0 bridgehead atoms. The highest BCUT2D eigenvalue weighted by molar-refractivity contribution is 7.70. The predicted molar refractivity (Wildman–Crippen MR) is 127 cm³/mol. The van der Waals surface area contributed by atoms with Gasteiger partial charge in [-0.3, -0.25) is 0 Å². The highest BCUT2D eigenvalue weighted by Gasteiger charge is 2.18. The Morgan fingerprint density at radius 1 is 1.22 bits per heavy atom. The number of aliphatic hydroxyl groups is 1. The Bertz CT molecular complexity index is 1330. The number of benzene rings is 2. The largest absolute Gasteiger partial charge is 0.546 e. The average molecular weight is 453 g/mol. The summed E-state index contributed by atoms with van der Waals surface area (Å²) < 4.78 is 23.8. The van der Waals surface area contributed by atoms with Crippen LogP contribution in [0.3, 0.4) is 0 Å². The van der Waals surface area contributed by atoms with Gasteiger partial charge in [0.2, 0.25) is 0 Å². The zero-order valence-electron chi connectivity index (χ0n) is 18.1. The number of anilines is 1. The Morgan fingerprint density at radius 3 is 2.72 bits per heavy atom. The summed E-state index contributed by atoms with van der Waals surface area (Å²) in [5, 5.41) is 10.9. The number of nitrogen functional groups attached to an aromatic ring is 1. The van der Waals surface area contributed by atoms with Crippen molar-refractivity contribution in [3.05, 3.63) is 54.4 Å². The van der Waals surface area contributed by atoms with Crippen LogP contribution in [0.25, 0.3) is 21.9 Å². The van der Waals surface area contributed by atoms with Crippen LogP contribution in [0.15, 0.2) is 52.9 Å². The van der Waals surface area contributed by atoms with Crippen LogP contribution < -0.4 is 9.92 Å². The van der Waals surface area contributed by atoms with Gasteiger partial charge in [0.05, 0.1) is 23.7 Å². The molecule has 0 saturated carbocycles. The quantitative estimate of drug-likeness (QED) is 0.376. The smallest absolute Gasteiger partial charge is 0.152 e. The molecule has 2 heterocycles. The van der Waals surface area contributed by atoms with Crippen molar-refractivity contribution in [2.75, 3.05) is 5.73 Å². The molecular weight excluding hydrogens is 426 g/mol. The fraction of sp³-hybridized carbons (Fsp3) is 0.304. The van der Waals surface area contributed by atoms with Gasteiger partial charge < -0.3 is 28.2 Å². The van der Waals surface area contributed by atoms with Crippen molar-refractivity contribution < 1.29 is 13.5 Å². The molecule has 0 aliphatic heterocycles. The number of imidazole rings is 1. The number of aryl methyl sites for hydroxylation is 1. The van der Waals surface area contributed by atoms with Gasteiger partial charge in [-0.05, 0) is 54.6 Å². The molecule has 4 aromatic rings. The number of aromatic nitrogens is 3. The molecular formula is C23H26N5O3S-. The van der Waals surface area contributed by atoms with Crippen molar-refractivity contribution >= 4 is 44.3 Å². The van der Waals surface area contributed by atoms with E-state index in [2.05, 4.69) is 16.3 Å². The number of aliphatic hydroxyl groups excluding tert-OH is 1. The lowest BCUT2D eigenvalue weighted by molar-refractivity contribution is 0.174. The molecule has 9 heteroatoms. The molecule has 2 aromatic heterocycles. The first-order valence-electron chi connectivity index (χ1n) is 10.6. The number of nitrogens with zero attached hydrogens (tertiary/aromatic N) is 4. The predicted octanol–water partition coefficient (Wildman–Crippen LogP) is 4.66. The molecule has 0 saturated heterocycles. The fourth-order valence-electron chi connectivity index (χ4n) is 3.65. The number of unbranched alkanes of at least 4 members (excludes halogenated alkanes) is 1. The van der Waals surface area contributed by atoms with Crippen LogP contribution in [0.4, 0.5) is 11.5 Å². The number of pyridine rings is 1. The molecule has 2 aromatic carbocycles. The zero-order valence-corrected chi connectivity index (χ0v) is 18.9. The molecule has 1 unspecified atom stereocenters. The summed E-state index contributed by atoms with van der Waals surface area (Å²) in [5.74, 6) is 1.67. The van der Waals surface area contributed by atoms with Crippen LogP contribution in [0, 0.1) is 0 Å². The minimum atomic E-state index is -1.89. The fourth-order valence-corrected chi connectivity index (χ4v) is 4.25. The van der Waals surface area contributed by atoms with Gasteiger partial charge in [-0.15, -0.1) is 0 Å². The number of hydrogen-bond acceptors (Lipinski definition) is 8. The normalized spacial score (nSPS) is 13.6. The summed E-state index contributed by atoms with van der Waals surface area (Å²) in [5.41, 5.74) is 8.80. The van der Waals surface area contributed by atoms with Gasteiger partial charge in [0.25, 0.3) is 0 Å². The molecule has 0 radical (unpaired) electrons. The number of rotatable bonds is 8. The summed E-state index contributed by atoms with van der Waals surface area (Å²) >= 11 is 0. The Labute approximate surface area is 188 Å². The van der Waals surface area contributed by atoms with E-state index in [0.717, 1.165) is 36.0 Å². The number of hydrogen-bond donors (Lipinski definition) is 2. The van der Waals surface area contributed by atoms with E-state index in [9.17, 15) is 9.32 Å². The maximum atomic E-state index is 12.3. The van der Waals surface area contributed by atoms with Crippen molar-refractivity contribution in [1.29, 1.82) is 0 Å². The summed E-state index contributed by atoms with van der Waals surface area (Å²) in [7, 11) is -1.89. The Kier molecular flexibility index (Phi) is 6.57. The SMILES string of the molecule is CCCCc1nc2c(N)nc3cc(N=[S-](=O)Oc4ccccc4)ccc3c2n1CC(C)O. The van der Waals surface area contributed by atoms with Crippen LogP contribution in [-0.4, -0.2) is 25.7 Å². The topological polar surface area (TPSA) is 116 Å². The molecule has 1 atom stereocenters. The molecule has 8 nitrogen and oxygen atoms in total. The van der Waals surface area contributed by atoms with Gasteiger partial charge in [0.1, 0.15) is 17.1 Å². The molecule has 0 fully saturated rings. The lowest BCUT2D eigenvalue weighted by Crippen LogP contribution is -2.14. The van der Waals surface area contributed by atoms with Gasteiger partial charge in [0, 0.05) is 17.5 Å². The van der Waals surface area contributed by atoms with Crippen molar-refractivity contribution in [2.24, 2.45) is 4.36 Å². The third-order valence-electron chi connectivity index (χ3n) is 5.06. The summed E-state index contributed by atoms with van der Waals surface area (Å²) in [6, 6.07) is 14.2. The number of para-hydroxylation sites is 1. The molecule has 0 aliphatic carbocycles. The van der Waals surface area contributed by atoms with E-state index in [4.69, 9.17) is 14.9 Å². The van der Waals surface area contributed by atoms with Crippen molar-refractivity contribution in [2.45, 2.75) is 45.8 Å². The lowest BCUT2D eigenvalue weighted by atomic mass is 10.1. The highest BCUT2D eigenvalue weighted by Crippen LogP contribution is 2.32. The molecule has 0 amide bonds. The van der Waals surface area contributed by atoms with Gasteiger partial charge in [-0.1, -0.05) is 31.5 Å². The number of nitrogens with two attached hydrogens (primary N) is 1. The minimum absolute atomic E-state index is 0.313. The second-order valence-corrected chi connectivity index (χ2v) is 8.48. The maximum absolute atomic E-state index is 12.3. The second-order valence-electron chi connectivity index (χ2n) is 7.69. The maximum Gasteiger partial charge on any atom is 0.152 e. The van der Waals surface area contributed by atoms with Crippen LogP contribution in [0.2, 0.25) is 0 Å². The van der Waals surface area contributed by atoms with E-state index >= 15 is 0 Å². The van der Waals surface area contributed by atoms with E-state index in [1.165, 1.54) is 0 Å². The Hall–Kier alpha value is -3.17. The van der Waals surface area contributed by atoms with E-state index < -0.39 is 17.0 Å². The zero-order chi connectivity index (χ0) is 22.7. The first kappa shape index (κ1) is 22.0. The van der Waals surface area contributed by atoms with E-state index in [1.54, 1.807) is 43.3 Å². The lowest BCUT2D eigenvalue weighted by Gasteiger charge is -2.13. The van der Waals surface area contributed by atoms with E-state index in [-0.39, 0.29) is 0 Å². The summed E-state index contributed by atoms with van der Waals surface area (Å²) in [4.78, 5) is 9.25. The van der Waals surface area contributed by atoms with Crippen LogP contribution in [0.5, 0.6) is 5.75 Å². The van der Waals surface area contributed by atoms with Crippen LogP contribution in [0.1, 0.15) is 32.5 Å². The Balaban J connectivity index is 1.79. The van der Waals surface area contributed by atoms with Crippen molar-refractivity contribution in [3.8, 4) is 5.75 Å². The number of fused-ring (bicyclic) bond motifs is 3. The van der Waals surface area contributed by atoms with Gasteiger partial charge in [0.15, 0.2) is 5.82 Å². The van der Waals surface area contributed by atoms with E-state index in [1.807, 2.05) is 16.7 Å². The minimum Gasteiger partial charge on any atom is -0.546 e. The molecule has 32 heavy (non-hydrogen) atoms. The van der Waals surface area contributed by atoms with E-state index in [0.29, 0.717) is 34.8 Å². The van der Waals surface area contributed by atoms with Gasteiger partial charge >= 0.3 is 0 Å². The Morgan fingerprint density at radius 2 is 2.00 bits per heavy atom. The molecule has 4 rings (SSSR count).